The molecule has 1 fully saturated rings. The minimum absolute atomic E-state index is 0.000990. The van der Waals surface area contributed by atoms with E-state index in [4.69, 9.17) is 9.78 Å². The summed E-state index contributed by atoms with van der Waals surface area (Å²) in [6.45, 7) is 10.6. The molecule has 0 aliphatic heterocycles. The van der Waals surface area contributed by atoms with Gasteiger partial charge in [-0.25, -0.2) is 0 Å². The van der Waals surface area contributed by atoms with Gasteiger partial charge < -0.3 is 4.52 Å². The van der Waals surface area contributed by atoms with E-state index in [2.05, 4.69) is 50.8 Å². The van der Waals surface area contributed by atoms with E-state index in [0.29, 0.717) is 5.89 Å². The molecule has 0 aromatic carbocycles. The third-order valence-electron chi connectivity index (χ3n) is 3.35. The summed E-state index contributed by atoms with van der Waals surface area (Å²) in [5, 5.41) is 13.0. The smallest absolute Gasteiger partial charge is 0.231 e. The predicted molar refractivity (Wildman–Crippen MR) is 71.0 cm³/mol. The van der Waals surface area contributed by atoms with Gasteiger partial charge in [-0.1, -0.05) is 39.8 Å². The van der Waals surface area contributed by atoms with Crippen molar-refractivity contribution in [3.63, 3.8) is 0 Å². The summed E-state index contributed by atoms with van der Waals surface area (Å²) in [7, 11) is 0. The number of nitrogens with zero attached hydrogens (tertiary/aromatic N) is 3. The quantitative estimate of drug-likeness (QED) is 0.838. The molecule has 4 nitrogen and oxygen atoms in total. The molecule has 2 rings (SSSR count). The van der Waals surface area contributed by atoms with Crippen LogP contribution in [-0.4, -0.2) is 14.9 Å². The molecule has 1 aliphatic rings. The summed E-state index contributed by atoms with van der Waals surface area (Å²) in [6.07, 6.45) is 0. The number of hydrogen-bond donors (Lipinski definition) is 0. The monoisotopic (exact) mass is 265 g/mol. The minimum Gasteiger partial charge on any atom is -0.339 e. The van der Waals surface area contributed by atoms with E-state index in [0.717, 1.165) is 11.6 Å². The standard InChI is InChI=1S/C13H19N3OS/c1-12(2,3)18-7-9-15-11(17-16-9)10-8(6-14)13(10,4)5/h8,10H,7H2,1-5H3. The van der Waals surface area contributed by atoms with Crippen molar-refractivity contribution in [2.45, 2.75) is 51.0 Å². The summed E-state index contributed by atoms with van der Waals surface area (Å²) < 4.78 is 5.49. The number of thioether (sulfide) groups is 1. The Morgan fingerprint density at radius 3 is 2.61 bits per heavy atom. The maximum atomic E-state index is 9.05. The van der Waals surface area contributed by atoms with Gasteiger partial charge in [-0.05, 0) is 5.41 Å². The first-order valence-electron chi connectivity index (χ1n) is 6.12. The lowest BCUT2D eigenvalue weighted by molar-refractivity contribution is 0.364. The zero-order valence-electron chi connectivity index (χ0n) is 11.5. The summed E-state index contributed by atoms with van der Waals surface area (Å²) in [6, 6.07) is 2.31. The van der Waals surface area contributed by atoms with E-state index < -0.39 is 0 Å². The van der Waals surface area contributed by atoms with E-state index in [1.165, 1.54) is 0 Å². The van der Waals surface area contributed by atoms with E-state index in [9.17, 15) is 0 Å². The van der Waals surface area contributed by atoms with E-state index in [1.807, 2.05) is 0 Å². The van der Waals surface area contributed by atoms with Crippen LogP contribution in [0.5, 0.6) is 0 Å². The molecule has 1 aromatic heterocycles. The van der Waals surface area contributed by atoms with Gasteiger partial charge in [0.15, 0.2) is 5.82 Å². The molecule has 0 saturated heterocycles. The second kappa shape index (κ2) is 4.27. The second-order valence-electron chi connectivity index (χ2n) is 6.36. The third-order valence-corrected chi connectivity index (χ3v) is 4.62. The van der Waals surface area contributed by atoms with Gasteiger partial charge in [0.05, 0.1) is 23.7 Å². The Kier molecular flexibility index (Phi) is 3.18. The van der Waals surface area contributed by atoms with Crippen LogP contribution in [0.2, 0.25) is 0 Å². The van der Waals surface area contributed by atoms with Gasteiger partial charge in [0, 0.05) is 4.75 Å². The average Bonchev–Trinajstić information content (AvgIpc) is 2.60. The molecule has 1 saturated carbocycles. The van der Waals surface area contributed by atoms with Crippen LogP contribution in [0, 0.1) is 22.7 Å². The van der Waals surface area contributed by atoms with Gasteiger partial charge in [0.1, 0.15) is 0 Å². The van der Waals surface area contributed by atoms with E-state index in [1.54, 1.807) is 11.8 Å². The Morgan fingerprint density at radius 2 is 2.11 bits per heavy atom. The van der Waals surface area contributed by atoms with Gasteiger partial charge in [-0.3, -0.25) is 0 Å². The van der Waals surface area contributed by atoms with Crippen LogP contribution < -0.4 is 0 Å². The lowest BCUT2D eigenvalue weighted by Gasteiger charge is -2.15. The Labute approximate surface area is 112 Å². The molecule has 1 heterocycles. The fraction of sp³-hybridized carbons (Fsp3) is 0.769. The largest absolute Gasteiger partial charge is 0.339 e. The lowest BCUT2D eigenvalue weighted by Crippen LogP contribution is -2.07. The van der Waals surface area contributed by atoms with Gasteiger partial charge >= 0.3 is 0 Å². The predicted octanol–water partition coefficient (Wildman–Crippen LogP) is 3.36. The summed E-state index contributed by atoms with van der Waals surface area (Å²) >= 11 is 1.79. The highest BCUT2D eigenvalue weighted by atomic mass is 32.2. The Balaban J connectivity index is 2.02. The molecule has 5 heteroatoms. The maximum Gasteiger partial charge on any atom is 0.231 e. The van der Waals surface area contributed by atoms with Crippen LogP contribution >= 0.6 is 11.8 Å². The number of aromatic nitrogens is 2. The highest BCUT2D eigenvalue weighted by Gasteiger charge is 2.62. The maximum absolute atomic E-state index is 9.05. The van der Waals surface area contributed by atoms with Gasteiger partial charge in [0.25, 0.3) is 0 Å². The molecular formula is C13H19N3OS. The molecular weight excluding hydrogens is 246 g/mol. The van der Waals surface area contributed by atoms with Crippen molar-refractivity contribution in [1.82, 2.24) is 10.1 Å². The van der Waals surface area contributed by atoms with Crippen LogP contribution in [0.4, 0.5) is 0 Å². The molecule has 2 atom stereocenters. The second-order valence-corrected chi connectivity index (χ2v) is 8.16. The van der Waals surface area contributed by atoms with Crippen molar-refractivity contribution in [2.75, 3.05) is 0 Å². The number of hydrogen-bond acceptors (Lipinski definition) is 5. The Bertz CT molecular complexity index is 481. The van der Waals surface area contributed by atoms with Crippen molar-refractivity contribution in [2.24, 2.45) is 11.3 Å². The highest BCUT2D eigenvalue weighted by molar-refractivity contribution is 7.99. The molecule has 0 spiro atoms. The molecule has 98 valence electrons. The molecule has 1 aliphatic carbocycles. The summed E-state index contributed by atoms with van der Waals surface area (Å²) in [5.74, 6) is 2.20. The number of rotatable bonds is 3. The lowest BCUT2D eigenvalue weighted by atomic mass is 10.1. The first-order valence-corrected chi connectivity index (χ1v) is 7.10. The van der Waals surface area contributed by atoms with Crippen molar-refractivity contribution >= 4 is 11.8 Å². The third kappa shape index (κ3) is 2.54. The summed E-state index contributed by atoms with van der Waals surface area (Å²) in [5.41, 5.74) is -0.0320. The highest BCUT2D eigenvalue weighted by Crippen LogP contribution is 2.63. The SMILES string of the molecule is CC(C)(C)SCc1noc(C2C(C#N)C2(C)C)n1. The molecule has 1 aromatic rings. The topological polar surface area (TPSA) is 62.7 Å². The Morgan fingerprint density at radius 1 is 1.44 bits per heavy atom. The number of nitriles is 1. The molecule has 18 heavy (non-hydrogen) atoms. The van der Waals surface area contributed by atoms with E-state index in [-0.39, 0.29) is 22.0 Å². The van der Waals surface area contributed by atoms with Crippen molar-refractivity contribution in [1.29, 1.82) is 5.26 Å². The van der Waals surface area contributed by atoms with Crippen molar-refractivity contribution in [3.05, 3.63) is 11.7 Å². The molecule has 0 amide bonds. The van der Waals surface area contributed by atoms with Crippen molar-refractivity contribution in [3.8, 4) is 6.07 Å². The van der Waals surface area contributed by atoms with Gasteiger partial charge in [-0.2, -0.15) is 10.2 Å². The first kappa shape index (κ1) is 13.4. The Hall–Kier alpha value is -1.02. The molecule has 0 N–H and O–H groups in total. The van der Waals surface area contributed by atoms with Crippen LogP contribution in [0.15, 0.2) is 4.52 Å². The normalized spacial score (nSPS) is 25.8. The van der Waals surface area contributed by atoms with Gasteiger partial charge in [0.2, 0.25) is 5.89 Å². The minimum atomic E-state index is -0.0320. The molecule has 0 radical (unpaired) electrons. The van der Waals surface area contributed by atoms with Gasteiger partial charge in [-0.15, -0.1) is 11.8 Å². The fourth-order valence-electron chi connectivity index (χ4n) is 2.07. The first-order chi connectivity index (χ1) is 8.25. The molecule has 2 unspecified atom stereocenters. The van der Waals surface area contributed by atoms with Crippen LogP contribution in [-0.2, 0) is 5.75 Å². The molecule has 0 bridgehead atoms. The zero-order valence-corrected chi connectivity index (χ0v) is 12.3. The van der Waals surface area contributed by atoms with E-state index >= 15 is 0 Å². The summed E-state index contributed by atoms with van der Waals surface area (Å²) in [4.78, 5) is 4.42. The fourth-order valence-corrected chi connectivity index (χ4v) is 2.75. The van der Waals surface area contributed by atoms with Crippen molar-refractivity contribution < 1.29 is 4.52 Å². The zero-order chi connectivity index (χ0) is 13.6. The van der Waals surface area contributed by atoms with Crippen LogP contribution in [0.1, 0.15) is 52.3 Å². The van der Waals surface area contributed by atoms with Crippen LogP contribution in [0.25, 0.3) is 0 Å². The average molecular weight is 265 g/mol. The van der Waals surface area contributed by atoms with Crippen LogP contribution in [0.3, 0.4) is 0 Å².